The normalized spacial score (nSPS) is 10.1. The van der Waals surface area contributed by atoms with E-state index in [1.165, 1.54) is 25.1 Å². The average Bonchev–Trinajstić information content (AvgIpc) is 2.70. The van der Waals surface area contributed by atoms with Crippen molar-refractivity contribution in [3.05, 3.63) is 94.0 Å². The lowest BCUT2D eigenvalue weighted by molar-refractivity contribution is -0.385. The fraction of sp³-hybridized carbons (Fsp3) is 0.0476. The summed E-state index contributed by atoms with van der Waals surface area (Å²) in [5.41, 5.74) is 2.12. The van der Waals surface area contributed by atoms with Gasteiger partial charge in [-0.05, 0) is 49.4 Å². The molecule has 8 nitrogen and oxygen atoms in total. The van der Waals surface area contributed by atoms with Crippen LogP contribution in [0.3, 0.4) is 0 Å². The third kappa shape index (κ3) is 4.95. The van der Waals surface area contributed by atoms with Crippen molar-refractivity contribution < 1.29 is 14.5 Å². The van der Waals surface area contributed by atoms with E-state index < -0.39 is 10.8 Å². The lowest BCUT2D eigenvalue weighted by atomic mass is 10.1. The first-order valence-corrected chi connectivity index (χ1v) is 8.72. The van der Waals surface area contributed by atoms with Crippen molar-refractivity contribution in [3.63, 3.8) is 0 Å². The van der Waals surface area contributed by atoms with E-state index in [1.807, 2.05) is 18.2 Å². The molecule has 0 atom stereocenters. The molecule has 0 fully saturated rings. The number of nitrogens with zero attached hydrogens (tertiary/aromatic N) is 1. The van der Waals surface area contributed by atoms with Crippen LogP contribution in [-0.4, -0.2) is 16.9 Å². The molecule has 146 valence electrons. The molecule has 0 spiro atoms. The molecule has 3 aromatic carbocycles. The van der Waals surface area contributed by atoms with E-state index in [-0.39, 0.29) is 17.3 Å². The molecule has 0 unspecified atom stereocenters. The Hall–Kier alpha value is -4.20. The number of hydrogen-bond donors (Lipinski definition) is 3. The van der Waals surface area contributed by atoms with E-state index in [4.69, 9.17) is 0 Å². The maximum atomic E-state index is 12.5. The minimum atomic E-state index is -0.521. The zero-order chi connectivity index (χ0) is 20.8. The van der Waals surface area contributed by atoms with Crippen LogP contribution >= 0.6 is 0 Å². The first-order chi connectivity index (χ1) is 13.9. The fourth-order valence-electron chi connectivity index (χ4n) is 2.72. The van der Waals surface area contributed by atoms with Gasteiger partial charge in [-0.3, -0.25) is 14.9 Å². The van der Waals surface area contributed by atoms with Gasteiger partial charge in [-0.15, -0.1) is 0 Å². The van der Waals surface area contributed by atoms with Gasteiger partial charge in [-0.25, -0.2) is 4.79 Å². The van der Waals surface area contributed by atoms with Crippen LogP contribution in [0.2, 0.25) is 0 Å². The Morgan fingerprint density at radius 3 is 1.90 bits per heavy atom. The zero-order valence-corrected chi connectivity index (χ0v) is 15.5. The third-order valence-corrected chi connectivity index (χ3v) is 4.18. The van der Waals surface area contributed by atoms with Crippen LogP contribution in [0.25, 0.3) is 0 Å². The minimum Gasteiger partial charge on any atom is -0.322 e. The van der Waals surface area contributed by atoms with E-state index in [0.717, 1.165) is 0 Å². The highest BCUT2D eigenvalue weighted by Crippen LogP contribution is 2.22. The van der Waals surface area contributed by atoms with Gasteiger partial charge >= 0.3 is 6.03 Å². The van der Waals surface area contributed by atoms with Crippen LogP contribution in [-0.2, 0) is 0 Å². The van der Waals surface area contributed by atoms with Gasteiger partial charge in [0.1, 0.15) is 0 Å². The molecule has 3 N–H and O–H groups in total. The van der Waals surface area contributed by atoms with Crippen molar-refractivity contribution in [2.75, 3.05) is 16.0 Å². The molecule has 0 aromatic heterocycles. The summed E-state index contributed by atoms with van der Waals surface area (Å²) in [6, 6.07) is 19.5. The summed E-state index contributed by atoms with van der Waals surface area (Å²) in [5.74, 6) is -0.450. The van der Waals surface area contributed by atoms with Gasteiger partial charge in [0.2, 0.25) is 0 Å². The van der Waals surface area contributed by atoms with Crippen molar-refractivity contribution in [2.45, 2.75) is 6.92 Å². The number of amides is 3. The summed E-state index contributed by atoms with van der Waals surface area (Å²) in [5, 5.41) is 19.1. The van der Waals surface area contributed by atoms with Gasteiger partial charge in [-0.1, -0.05) is 24.3 Å². The van der Waals surface area contributed by atoms with E-state index in [9.17, 15) is 19.7 Å². The standard InChI is InChI=1S/C21H18N4O4/c1-14-18(8-5-9-19(14)25(28)29)20(26)22-16-10-12-17(13-11-16)24-21(27)23-15-6-3-2-4-7-15/h2-13H,1H3,(H,22,26)(H2,23,24,27). The Kier molecular flexibility index (Phi) is 5.84. The van der Waals surface area contributed by atoms with Gasteiger partial charge in [0.15, 0.2) is 0 Å². The molecule has 29 heavy (non-hydrogen) atoms. The second-order valence-corrected chi connectivity index (χ2v) is 6.18. The second kappa shape index (κ2) is 8.66. The lowest BCUT2D eigenvalue weighted by Gasteiger charge is -2.10. The summed E-state index contributed by atoms with van der Waals surface area (Å²) in [4.78, 5) is 35.0. The topological polar surface area (TPSA) is 113 Å². The van der Waals surface area contributed by atoms with E-state index in [2.05, 4.69) is 16.0 Å². The molecule has 0 aliphatic carbocycles. The Morgan fingerprint density at radius 1 is 0.759 bits per heavy atom. The molecule has 0 heterocycles. The van der Waals surface area contributed by atoms with Crippen molar-refractivity contribution in [3.8, 4) is 0 Å². The van der Waals surface area contributed by atoms with E-state index in [1.54, 1.807) is 36.4 Å². The molecule has 0 saturated carbocycles. The molecular weight excluding hydrogens is 372 g/mol. The van der Waals surface area contributed by atoms with Crippen molar-refractivity contribution >= 4 is 34.7 Å². The van der Waals surface area contributed by atoms with Gasteiger partial charge in [0, 0.05) is 34.3 Å². The number of para-hydroxylation sites is 1. The Morgan fingerprint density at radius 2 is 1.31 bits per heavy atom. The Labute approximate surface area is 166 Å². The van der Waals surface area contributed by atoms with Crippen LogP contribution in [0.15, 0.2) is 72.8 Å². The number of nitro benzene ring substituents is 1. The quantitative estimate of drug-likeness (QED) is 0.429. The smallest absolute Gasteiger partial charge is 0.322 e. The number of hydrogen-bond acceptors (Lipinski definition) is 4. The van der Waals surface area contributed by atoms with Crippen LogP contribution < -0.4 is 16.0 Å². The molecule has 0 aliphatic heterocycles. The average molecular weight is 390 g/mol. The number of benzene rings is 3. The summed E-state index contributed by atoms with van der Waals surface area (Å²) < 4.78 is 0. The molecule has 8 heteroatoms. The highest BCUT2D eigenvalue weighted by molar-refractivity contribution is 6.06. The summed E-state index contributed by atoms with van der Waals surface area (Å²) in [6.07, 6.45) is 0. The molecule has 3 rings (SSSR count). The summed E-state index contributed by atoms with van der Waals surface area (Å²) in [6.45, 7) is 1.53. The third-order valence-electron chi connectivity index (χ3n) is 4.18. The molecule has 0 radical (unpaired) electrons. The lowest BCUT2D eigenvalue weighted by Crippen LogP contribution is -2.19. The highest BCUT2D eigenvalue weighted by atomic mass is 16.6. The van der Waals surface area contributed by atoms with Crippen LogP contribution in [0.5, 0.6) is 0 Å². The number of anilines is 3. The van der Waals surface area contributed by atoms with Crippen LogP contribution in [0, 0.1) is 17.0 Å². The molecule has 3 amide bonds. The Bertz CT molecular complexity index is 1050. The van der Waals surface area contributed by atoms with Gasteiger partial charge in [0.25, 0.3) is 11.6 Å². The fourth-order valence-corrected chi connectivity index (χ4v) is 2.72. The van der Waals surface area contributed by atoms with Crippen LogP contribution in [0.4, 0.5) is 27.5 Å². The van der Waals surface area contributed by atoms with E-state index >= 15 is 0 Å². The predicted octanol–water partition coefficient (Wildman–Crippen LogP) is 4.80. The molecule has 3 aromatic rings. The maximum Gasteiger partial charge on any atom is 0.323 e. The van der Waals surface area contributed by atoms with Crippen LogP contribution in [0.1, 0.15) is 15.9 Å². The number of nitro groups is 1. The second-order valence-electron chi connectivity index (χ2n) is 6.18. The molecule has 0 saturated heterocycles. The molecular formula is C21H18N4O4. The number of nitrogens with one attached hydrogen (secondary N) is 3. The van der Waals surface area contributed by atoms with Gasteiger partial charge in [0.05, 0.1) is 4.92 Å². The number of carbonyl (C=O) groups is 2. The Balaban J connectivity index is 1.63. The van der Waals surface area contributed by atoms with Gasteiger partial charge in [-0.2, -0.15) is 0 Å². The van der Waals surface area contributed by atoms with Crippen molar-refractivity contribution in [1.82, 2.24) is 0 Å². The largest absolute Gasteiger partial charge is 0.323 e. The summed E-state index contributed by atoms with van der Waals surface area (Å²) >= 11 is 0. The zero-order valence-electron chi connectivity index (χ0n) is 15.5. The van der Waals surface area contributed by atoms with E-state index in [0.29, 0.717) is 22.6 Å². The first kappa shape index (κ1) is 19.6. The number of carbonyl (C=O) groups excluding carboxylic acids is 2. The van der Waals surface area contributed by atoms with Crippen molar-refractivity contribution in [1.29, 1.82) is 0 Å². The number of urea groups is 1. The van der Waals surface area contributed by atoms with Gasteiger partial charge < -0.3 is 16.0 Å². The predicted molar refractivity (Wildman–Crippen MR) is 111 cm³/mol. The molecule has 0 bridgehead atoms. The number of rotatable bonds is 5. The summed E-state index contributed by atoms with van der Waals surface area (Å²) in [7, 11) is 0. The SMILES string of the molecule is Cc1c(C(=O)Nc2ccc(NC(=O)Nc3ccccc3)cc2)cccc1[N+](=O)[O-]. The minimum absolute atomic E-state index is 0.110. The maximum absolute atomic E-state index is 12.5. The van der Waals surface area contributed by atoms with Crippen molar-refractivity contribution in [2.24, 2.45) is 0 Å². The highest BCUT2D eigenvalue weighted by Gasteiger charge is 2.18. The molecule has 0 aliphatic rings. The monoisotopic (exact) mass is 390 g/mol. The first-order valence-electron chi connectivity index (χ1n) is 8.72.